The van der Waals surface area contributed by atoms with E-state index in [2.05, 4.69) is 68.7 Å². The standard InChI is InChI=1S/C19H25N7O2.C14H17N5O3S/c1-11(2)12-3-5-14(6-4-12)22-18-15(17(21)28)24-25-19(23-18)26-9-7-13(8-10-26)16(20)27;1-8(2)9-4-6-10(7-5-9)16-13-11(12(15)20)18-19-14(17-13)23(3,21)22/h3-6,11,13H,7-10H2,1-2H3,(H2,20,27)(H2,21,28)(H,22,23,25);4-8H,1-3H3,(H2,15,20)(H,16,17,19). The van der Waals surface area contributed by atoms with Crippen molar-refractivity contribution in [2.45, 2.75) is 57.5 Å². The van der Waals surface area contributed by atoms with Crippen LogP contribution in [-0.4, -0.2) is 75.8 Å². The number of rotatable bonds is 11. The van der Waals surface area contributed by atoms with Gasteiger partial charge in [-0.05, 0) is 60.1 Å². The Bertz CT molecular complexity index is 1980. The minimum absolute atomic E-state index is 0.0243. The number of carbonyl (C=O) groups excluding carboxylic acids is 3. The molecule has 0 saturated carbocycles. The lowest BCUT2D eigenvalue weighted by Crippen LogP contribution is -2.39. The average molecular weight is 719 g/mol. The Morgan fingerprint density at radius 2 is 1.14 bits per heavy atom. The number of benzene rings is 2. The van der Waals surface area contributed by atoms with Gasteiger partial charge in [-0.3, -0.25) is 14.4 Å². The molecule has 3 heterocycles. The highest BCUT2D eigenvalue weighted by atomic mass is 32.2. The molecule has 2 aromatic heterocycles. The maximum atomic E-state index is 11.7. The molecule has 4 aromatic rings. The number of piperidine rings is 1. The van der Waals surface area contributed by atoms with Gasteiger partial charge in [0.2, 0.25) is 21.7 Å². The Labute approximate surface area is 295 Å². The van der Waals surface area contributed by atoms with Gasteiger partial charge in [0.15, 0.2) is 23.0 Å². The van der Waals surface area contributed by atoms with Crippen LogP contribution in [0.15, 0.2) is 53.7 Å². The first-order valence-electron chi connectivity index (χ1n) is 16.1. The highest BCUT2D eigenvalue weighted by Crippen LogP contribution is 2.25. The third kappa shape index (κ3) is 10.1. The van der Waals surface area contributed by atoms with E-state index >= 15 is 0 Å². The molecule has 3 amide bonds. The number of nitrogens with one attached hydrogen (secondary N) is 2. The number of nitrogens with zero attached hydrogens (tertiary/aromatic N) is 7. The van der Waals surface area contributed by atoms with Gasteiger partial charge in [0, 0.05) is 36.6 Å². The molecule has 0 bridgehead atoms. The summed E-state index contributed by atoms with van der Waals surface area (Å²) < 4.78 is 23.1. The fourth-order valence-electron chi connectivity index (χ4n) is 4.97. The van der Waals surface area contributed by atoms with Crippen molar-refractivity contribution in [3.8, 4) is 0 Å². The predicted octanol–water partition coefficient (Wildman–Crippen LogP) is 2.78. The second kappa shape index (κ2) is 16.3. The molecule has 0 atom stereocenters. The Morgan fingerprint density at radius 1 is 0.706 bits per heavy atom. The highest BCUT2D eigenvalue weighted by molar-refractivity contribution is 7.90. The van der Waals surface area contributed by atoms with Crippen LogP contribution in [0.3, 0.4) is 0 Å². The summed E-state index contributed by atoms with van der Waals surface area (Å²) >= 11 is 0. The summed E-state index contributed by atoms with van der Waals surface area (Å²) in [5.41, 5.74) is 19.5. The van der Waals surface area contributed by atoms with Crippen molar-refractivity contribution >= 4 is 56.5 Å². The second-order valence-electron chi connectivity index (χ2n) is 12.6. The smallest absolute Gasteiger partial charge is 0.273 e. The van der Waals surface area contributed by atoms with Gasteiger partial charge in [0.05, 0.1) is 0 Å². The first-order chi connectivity index (χ1) is 24.0. The molecule has 2 aromatic carbocycles. The number of amides is 3. The van der Waals surface area contributed by atoms with Crippen molar-refractivity contribution in [1.82, 2.24) is 30.4 Å². The summed E-state index contributed by atoms with van der Waals surface area (Å²) in [6.07, 6.45) is 2.22. The number of carbonyl (C=O) groups is 3. The second-order valence-corrected chi connectivity index (χ2v) is 14.5. The van der Waals surface area contributed by atoms with Crippen molar-refractivity contribution in [1.29, 1.82) is 0 Å². The Hall–Kier alpha value is -5.78. The van der Waals surface area contributed by atoms with Crippen LogP contribution < -0.4 is 32.7 Å². The lowest BCUT2D eigenvalue weighted by Gasteiger charge is -2.30. The van der Waals surface area contributed by atoms with E-state index in [1.807, 2.05) is 41.3 Å². The summed E-state index contributed by atoms with van der Waals surface area (Å²) in [6.45, 7) is 9.56. The van der Waals surface area contributed by atoms with Gasteiger partial charge in [-0.25, -0.2) is 8.42 Å². The molecule has 1 aliphatic heterocycles. The molecule has 1 fully saturated rings. The van der Waals surface area contributed by atoms with E-state index in [9.17, 15) is 22.8 Å². The Morgan fingerprint density at radius 3 is 1.53 bits per heavy atom. The van der Waals surface area contributed by atoms with E-state index in [1.54, 1.807) is 12.1 Å². The summed E-state index contributed by atoms with van der Waals surface area (Å²) in [7, 11) is -3.65. The minimum Gasteiger partial charge on any atom is -0.369 e. The Balaban J connectivity index is 0.000000233. The van der Waals surface area contributed by atoms with Crippen LogP contribution in [0.5, 0.6) is 0 Å². The van der Waals surface area contributed by atoms with E-state index in [1.165, 1.54) is 5.56 Å². The molecule has 51 heavy (non-hydrogen) atoms. The van der Waals surface area contributed by atoms with Crippen LogP contribution in [0, 0.1) is 5.92 Å². The Kier molecular flexibility index (Phi) is 12.1. The fraction of sp³-hybridized carbons (Fsp3) is 0.364. The van der Waals surface area contributed by atoms with Gasteiger partial charge < -0.3 is 32.7 Å². The van der Waals surface area contributed by atoms with Crippen molar-refractivity contribution < 1.29 is 22.8 Å². The molecule has 0 radical (unpaired) electrons. The zero-order valence-corrected chi connectivity index (χ0v) is 29.8. The molecule has 0 aliphatic carbocycles. The van der Waals surface area contributed by atoms with Crippen LogP contribution in [0.2, 0.25) is 0 Å². The minimum atomic E-state index is -3.65. The maximum Gasteiger partial charge on any atom is 0.273 e. The van der Waals surface area contributed by atoms with Crippen LogP contribution in [0.25, 0.3) is 0 Å². The average Bonchev–Trinajstić information content (AvgIpc) is 3.08. The topological polar surface area (TPSA) is 268 Å². The first kappa shape index (κ1) is 38.0. The van der Waals surface area contributed by atoms with Gasteiger partial charge in [-0.15, -0.1) is 20.4 Å². The summed E-state index contributed by atoms with van der Waals surface area (Å²) in [5.74, 6) is -0.590. The monoisotopic (exact) mass is 718 g/mol. The summed E-state index contributed by atoms with van der Waals surface area (Å²) in [5, 5.41) is 20.5. The lowest BCUT2D eigenvalue weighted by atomic mass is 9.96. The van der Waals surface area contributed by atoms with E-state index < -0.39 is 26.8 Å². The number of hydrogen-bond donors (Lipinski definition) is 5. The third-order valence-corrected chi connectivity index (χ3v) is 8.84. The van der Waals surface area contributed by atoms with Gasteiger partial charge in [-0.2, -0.15) is 9.97 Å². The number of hydrogen-bond acceptors (Lipinski definition) is 14. The quantitative estimate of drug-likeness (QED) is 0.149. The zero-order valence-electron chi connectivity index (χ0n) is 29.0. The zero-order chi connectivity index (χ0) is 37.5. The molecule has 270 valence electrons. The lowest BCUT2D eigenvalue weighted by molar-refractivity contribution is -0.122. The largest absolute Gasteiger partial charge is 0.369 e. The molecule has 0 spiro atoms. The van der Waals surface area contributed by atoms with Gasteiger partial charge in [0.1, 0.15) is 0 Å². The number of nitrogens with two attached hydrogens (primary N) is 3. The van der Waals surface area contributed by atoms with Gasteiger partial charge in [0.25, 0.3) is 17.0 Å². The molecule has 5 rings (SSSR count). The van der Waals surface area contributed by atoms with E-state index in [4.69, 9.17) is 17.2 Å². The highest BCUT2D eigenvalue weighted by Gasteiger charge is 2.26. The van der Waals surface area contributed by atoms with Crippen molar-refractivity contribution in [3.05, 3.63) is 71.0 Å². The van der Waals surface area contributed by atoms with E-state index in [0.717, 1.165) is 17.5 Å². The maximum absolute atomic E-state index is 11.7. The number of aromatic nitrogens is 6. The summed E-state index contributed by atoms with van der Waals surface area (Å²) in [6, 6.07) is 15.3. The normalized spacial score (nSPS) is 13.4. The fourth-order valence-corrected chi connectivity index (χ4v) is 5.41. The van der Waals surface area contributed by atoms with Crippen molar-refractivity contribution in [3.63, 3.8) is 0 Å². The summed E-state index contributed by atoms with van der Waals surface area (Å²) in [4.78, 5) is 44.7. The molecule has 1 aliphatic rings. The van der Waals surface area contributed by atoms with E-state index in [-0.39, 0.29) is 34.8 Å². The molecular weight excluding hydrogens is 677 g/mol. The van der Waals surface area contributed by atoms with Crippen LogP contribution in [0.4, 0.5) is 29.0 Å². The molecule has 17 nitrogen and oxygen atoms in total. The van der Waals surface area contributed by atoms with Crippen molar-refractivity contribution in [2.75, 3.05) is 34.9 Å². The number of primary amides is 3. The van der Waals surface area contributed by atoms with Crippen LogP contribution in [-0.2, 0) is 14.6 Å². The molecule has 8 N–H and O–H groups in total. The van der Waals surface area contributed by atoms with Gasteiger partial charge >= 0.3 is 0 Å². The van der Waals surface area contributed by atoms with Crippen LogP contribution in [0.1, 0.15) is 84.5 Å². The first-order valence-corrected chi connectivity index (χ1v) is 18.0. The van der Waals surface area contributed by atoms with Crippen LogP contribution >= 0.6 is 0 Å². The van der Waals surface area contributed by atoms with Gasteiger partial charge in [-0.1, -0.05) is 52.0 Å². The number of anilines is 5. The molecule has 18 heteroatoms. The SMILES string of the molecule is CC(C)c1ccc(Nc2nc(N3CCC(C(N)=O)CC3)nnc2C(N)=O)cc1.CC(C)c1ccc(Nc2nc(S(C)(=O)=O)nnc2C(N)=O)cc1. The predicted molar refractivity (Wildman–Crippen MR) is 192 cm³/mol. The van der Waals surface area contributed by atoms with E-state index in [0.29, 0.717) is 49.4 Å². The molecular formula is C33H42N12O5S. The molecule has 0 unspecified atom stereocenters. The third-order valence-electron chi connectivity index (χ3n) is 8.00. The number of sulfone groups is 1. The molecule has 1 saturated heterocycles. The van der Waals surface area contributed by atoms with Crippen molar-refractivity contribution in [2.24, 2.45) is 23.1 Å².